The van der Waals surface area contributed by atoms with E-state index in [9.17, 15) is 10.1 Å². The summed E-state index contributed by atoms with van der Waals surface area (Å²) in [5.41, 5.74) is 6.15. The highest BCUT2D eigenvalue weighted by Gasteiger charge is 2.21. The fraction of sp³-hybridized carbons (Fsp3) is 0.171. The molecule has 2 aromatic heterocycles. The number of hydrogen-bond donors (Lipinski definition) is 1. The van der Waals surface area contributed by atoms with Gasteiger partial charge in [0.2, 0.25) is 5.95 Å². The van der Waals surface area contributed by atoms with Crippen LogP contribution < -0.4 is 10.2 Å². The topological polar surface area (TPSA) is 102 Å². The largest absolute Gasteiger partial charge is 0.346 e. The van der Waals surface area contributed by atoms with Gasteiger partial charge in [-0.3, -0.25) is 14.7 Å². The Bertz CT molecular complexity index is 1810. The molecule has 4 aromatic carbocycles. The molecule has 2 heterocycles. The summed E-state index contributed by atoms with van der Waals surface area (Å²) >= 11 is 0. The molecule has 0 aliphatic rings. The van der Waals surface area contributed by atoms with Crippen LogP contribution >= 0.6 is 0 Å². The average Bonchev–Trinajstić information content (AvgIpc) is 3.49. The molecule has 9 nitrogen and oxygen atoms in total. The van der Waals surface area contributed by atoms with Crippen molar-refractivity contribution in [1.82, 2.24) is 19.5 Å². The van der Waals surface area contributed by atoms with Gasteiger partial charge >= 0.3 is 0 Å². The predicted octanol–water partition coefficient (Wildman–Crippen LogP) is 8.02. The maximum Gasteiger partial charge on any atom is 0.271 e. The van der Waals surface area contributed by atoms with Gasteiger partial charge in [0.1, 0.15) is 6.33 Å². The monoisotopic (exact) mass is 583 g/mol. The Kier molecular flexibility index (Phi) is 8.54. The molecule has 0 bridgehead atoms. The molecule has 0 amide bonds. The lowest BCUT2D eigenvalue weighted by molar-refractivity contribution is -0.384. The van der Waals surface area contributed by atoms with E-state index in [0.29, 0.717) is 41.7 Å². The highest BCUT2D eigenvalue weighted by Crippen LogP contribution is 2.30. The zero-order valence-corrected chi connectivity index (χ0v) is 24.5. The summed E-state index contributed by atoms with van der Waals surface area (Å²) in [5, 5.41) is 15.0. The Morgan fingerprint density at radius 2 is 1.50 bits per heavy atom. The molecule has 0 saturated carbocycles. The van der Waals surface area contributed by atoms with Crippen molar-refractivity contribution in [2.75, 3.05) is 10.2 Å². The number of benzene rings is 4. The van der Waals surface area contributed by atoms with Crippen molar-refractivity contribution >= 4 is 34.3 Å². The minimum absolute atomic E-state index is 0.00470. The first-order valence-corrected chi connectivity index (χ1v) is 14.8. The van der Waals surface area contributed by atoms with Crippen LogP contribution in [0.5, 0.6) is 0 Å². The number of rotatable bonds is 12. The molecule has 44 heavy (non-hydrogen) atoms. The van der Waals surface area contributed by atoms with Gasteiger partial charge in [0.25, 0.3) is 5.69 Å². The van der Waals surface area contributed by atoms with Gasteiger partial charge in [-0.2, -0.15) is 9.97 Å². The molecule has 0 unspecified atom stereocenters. The third kappa shape index (κ3) is 6.57. The maximum atomic E-state index is 11.6. The van der Waals surface area contributed by atoms with Gasteiger partial charge in [-0.15, -0.1) is 0 Å². The number of nitrogens with zero attached hydrogens (tertiary/aromatic N) is 6. The SMILES string of the molecule is CCCCc1ccc(Nc2nc(N(Cc3ccccc3)Cc3ccccc3)c3ncn(-c4cccc([N+](=O)[O-])c4)c3n2)cc1. The molecule has 0 aliphatic carbocycles. The van der Waals surface area contributed by atoms with E-state index in [4.69, 9.17) is 15.0 Å². The van der Waals surface area contributed by atoms with Gasteiger partial charge in [0.15, 0.2) is 17.0 Å². The van der Waals surface area contributed by atoms with E-state index < -0.39 is 4.92 Å². The lowest BCUT2D eigenvalue weighted by Crippen LogP contribution is -2.24. The predicted molar refractivity (Wildman–Crippen MR) is 174 cm³/mol. The first-order chi connectivity index (χ1) is 21.6. The minimum Gasteiger partial charge on any atom is -0.346 e. The molecule has 0 atom stereocenters. The Morgan fingerprint density at radius 1 is 0.818 bits per heavy atom. The first kappa shape index (κ1) is 28.5. The molecule has 9 heteroatoms. The highest BCUT2D eigenvalue weighted by molar-refractivity contribution is 5.86. The standard InChI is InChI=1S/C35H33N7O2/c1-2-3-11-26-18-20-29(21-19-26)37-35-38-33(40(23-27-12-6-4-7-13-27)24-28-14-8-5-9-15-28)32-34(39-35)41(25-36-32)30-16-10-17-31(22-30)42(43)44/h4-10,12-22,25H,2-3,11,23-24H2,1H3,(H,37,38,39). The van der Waals surface area contributed by atoms with Crippen LogP contribution in [0.4, 0.5) is 23.1 Å². The van der Waals surface area contributed by atoms with Gasteiger partial charge in [-0.25, -0.2) is 4.98 Å². The number of aromatic nitrogens is 4. The number of imidazole rings is 1. The molecular weight excluding hydrogens is 550 g/mol. The molecule has 0 radical (unpaired) electrons. The Labute approximate surface area is 256 Å². The second-order valence-electron chi connectivity index (χ2n) is 10.7. The van der Waals surface area contributed by atoms with Crippen LogP contribution in [0.1, 0.15) is 36.5 Å². The van der Waals surface area contributed by atoms with Gasteiger partial charge < -0.3 is 10.2 Å². The fourth-order valence-electron chi connectivity index (χ4n) is 5.18. The van der Waals surface area contributed by atoms with Crippen LogP contribution in [0.3, 0.4) is 0 Å². The summed E-state index contributed by atoms with van der Waals surface area (Å²) in [7, 11) is 0. The quantitative estimate of drug-likeness (QED) is 0.115. The lowest BCUT2D eigenvalue weighted by atomic mass is 10.1. The van der Waals surface area contributed by atoms with Crippen LogP contribution in [0.25, 0.3) is 16.9 Å². The van der Waals surface area contributed by atoms with Crippen molar-refractivity contribution in [2.24, 2.45) is 0 Å². The number of unbranched alkanes of at least 4 members (excludes halogenated alkanes) is 1. The summed E-state index contributed by atoms with van der Waals surface area (Å²) in [6.45, 7) is 3.38. The van der Waals surface area contributed by atoms with E-state index in [1.54, 1.807) is 17.0 Å². The molecule has 0 aliphatic heterocycles. The Morgan fingerprint density at radius 3 is 2.14 bits per heavy atom. The average molecular weight is 584 g/mol. The van der Waals surface area contributed by atoms with Crippen LogP contribution in [0.15, 0.2) is 116 Å². The van der Waals surface area contributed by atoms with E-state index in [1.165, 1.54) is 17.7 Å². The zero-order chi connectivity index (χ0) is 30.3. The molecule has 0 saturated heterocycles. The minimum atomic E-state index is -0.401. The number of hydrogen-bond acceptors (Lipinski definition) is 7. The van der Waals surface area contributed by atoms with E-state index in [2.05, 4.69) is 53.5 Å². The molecule has 0 fully saturated rings. The van der Waals surface area contributed by atoms with Crippen molar-refractivity contribution in [2.45, 2.75) is 39.3 Å². The van der Waals surface area contributed by atoms with Crippen LogP contribution in [0.2, 0.25) is 0 Å². The van der Waals surface area contributed by atoms with Gasteiger partial charge in [-0.05, 0) is 47.7 Å². The van der Waals surface area contributed by atoms with Gasteiger partial charge in [-0.1, -0.05) is 92.2 Å². The second-order valence-corrected chi connectivity index (χ2v) is 10.7. The van der Waals surface area contributed by atoms with Crippen LogP contribution in [-0.4, -0.2) is 24.4 Å². The van der Waals surface area contributed by atoms with Crippen molar-refractivity contribution in [1.29, 1.82) is 0 Å². The summed E-state index contributed by atoms with van der Waals surface area (Å²) in [6, 6.07) is 35.3. The number of nitro groups is 1. The molecule has 6 aromatic rings. The Balaban J connectivity index is 1.47. The number of nitrogens with one attached hydrogen (secondary N) is 1. The molecule has 220 valence electrons. The van der Waals surface area contributed by atoms with Crippen molar-refractivity contribution in [3.8, 4) is 5.69 Å². The number of non-ortho nitro benzene ring substituents is 1. The third-order valence-corrected chi connectivity index (χ3v) is 7.46. The number of fused-ring (bicyclic) bond motifs is 1. The molecule has 6 rings (SSSR count). The Hall–Kier alpha value is -5.57. The van der Waals surface area contributed by atoms with E-state index in [-0.39, 0.29) is 5.69 Å². The van der Waals surface area contributed by atoms with Crippen molar-refractivity contribution < 1.29 is 4.92 Å². The molecular formula is C35H33N7O2. The van der Waals surface area contributed by atoms with E-state index in [0.717, 1.165) is 36.1 Å². The zero-order valence-electron chi connectivity index (χ0n) is 24.5. The smallest absolute Gasteiger partial charge is 0.271 e. The summed E-state index contributed by atoms with van der Waals surface area (Å²) in [4.78, 5) is 28.0. The van der Waals surface area contributed by atoms with Crippen LogP contribution in [0, 0.1) is 10.1 Å². The number of aryl methyl sites for hydroxylation is 1. The van der Waals surface area contributed by atoms with E-state index in [1.807, 2.05) is 54.6 Å². The molecule has 1 N–H and O–H groups in total. The van der Waals surface area contributed by atoms with Crippen molar-refractivity contribution in [3.05, 3.63) is 142 Å². The number of nitro benzene ring substituents is 1. The van der Waals surface area contributed by atoms with Gasteiger partial charge in [0, 0.05) is 30.9 Å². The normalized spacial score (nSPS) is 11.0. The van der Waals surface area contributed by atoms with Crippen LogP contribution in [-0.2, 0) is 19.5 Å². The highest BCUT2D eigenvalue weighted by atomic mass is 16.6. The van der Waals surface area contributed by atoms with Crippen molar-refractivity contribution in [3.63, 3.8) is 0 Å². The first-order valence-electron chi connectivity index (χ1n) is 14.8. The summed E-state index contributed by atoms with van der Waals surface area (Å²) in [5.74, 6) is 1.07. The van der Waals surface area contributed by atoms with Gasteiger partial charge in [0.05, 0.1) is 10.6 Å². The summed E-state index contributed by atoms with van der Waals surface area (Å²) < 4.78 is 1.77. The number of anilines is 3. The third-order valence-electron chi connectivity index (χ3n) is 7.46. The fourth-order valence-corrected chi connectivity index (χ4v) is 5.18. The lowest BCUT2D eigenvalue weighted by Gasteiger charge is -2.25. The van der Waals surface area contributed by atoms with E-state index >= 15 is 0 Å². The summed E-state index contributed by atoms with van der Waals surface area (Å²) in [6.07, 6.45) is 4.99. The maximum absolute atomic E-state index is 11.6. The molecule has 0 spiro atoms. The second kappa shape index (κ2) is 13.2.